The monoisotopic (exact) mass is 238 g/mol. The van der Waals surface area contributed by atoms with Crippen molar-refractivity contribution in [2.24, 2.45) is 0 Å². The second-order valence-electron chi connectivity index (χ2n) is 3.52. The third-order valence-electron chi connectivity index (χ3n) is 2.38. The maximum Gasteiger partial charge on any atom is 0.182 e. The Morgan fingerprint density at radius 3 is 3.00 bits per heavy atom. The fraction of sp³-hybridized carbons (Fsp3) is 0.364. The summed E-state index contributed by atoms with van der Waals surface area (Å²) in [5, 5.41) is 7.92. The number of nitrogens with one attached hydrogen (secondary N) is 1. The first kappa shape index (κ1) is 10.8. The average Bonchev–Trinajstić information content (AvgIpc) is 2.50. The molecule has 0 spiro atoms. The molecule has 0 amide bonds. The number of benzene rings is 1. The third-order valence-corrected chi connectivity index (χ3v) is 3.93. The van der Waals surface area contributed by atoms with E-state index in [9.17, 15) is 0 Å². The quantitative estimate of drug-likeness (QED) is 0.875. The van der Waals surface area contributed by atoms with Gasteiger partial charge in [-0.1, -0.05) is 17.4 Å². The minimum absolute atomic E-state index is 0.657. The second-order valence-corrected chi connectivity index (χ2v) is 5.54. The Balaban J connectivity index is 2.53. The van der Waals surface area contributed by atoms with Crippen LogP contribution in [0.25, 0.3) is 10.2 Å². The van der Waals surface area contributed by atoms with Crippen LogP contribution in [0.2, 0.25) is 0 Å². The summed E-state index contributed by atoms with van der Waals surface area (Å²) in [6.45, 7) is 3.03. The molecule has 1 aromatic carbocycles. The molecular formula is C11H14N2S2. The molecule has 0 fully saturated rings. The molecule has 0 radical (unpaired) electrons. The van der Waals surface area contributed by atoms with Crippen molar-refractivity contribution in [3.63, 3.8) is 0 Å². The predicted octanol–water partition coefficient (Wildman–Crippen LogP) is 2.85. The Bertz CT molecular complexity index is 525. The van der Waals surface area contributed by atoms with Gasteiger partial charge in [-0.2, -0.15) is 11.8 Å². The highest BCUT2D eigenvalue weighted by atomic mass is 32.2. The highest BCUT2D eigenvalue weighted by Crippen LogP contribution is 2.18. The molecule has 1 aromatic heterocycles. The number of thioether (sulfide) groups is 1. The molecule has 0 bridgehead atoms. The molecule has 0 aliphatic carbocycles. The molecule has 0 aliphatic heterocycles. The van der Waals surface area contributed by atoms with Gasteiger partial charge in [0, 0.05) is 12.3 Å². The van der Waals surface area contributed by atoms with Crippen LogP contribution in [-0.2, 0) is 6.54 Å². The number of aromatic nitrogens is 1. The van der Waals surface area contributed by atoms with Crippen molar-refractivity contribution >= 4 is 33.3 Å². The van der Waals surface area contributed by atoms with E-state index in [0.717, 1.165) is 12.3 Å². The van der Waals surface area contributed by atoms with Gasteiger partial charge in [-0.05, 0) is 30.9 Å². The van der Waals surface area contributed by atoms with Gasteiger partial charge in [0.1, 0.15) is 0 Å². The first-order chi connectivity index (χ1) is 7.22. The van der Waals surface area contributed by atoms with Gasteiger partial charge in [0.05, 0.1) is 10.2 Å². The van der Waals surface area contributed by atoms with Crippen LogP contribution in [0, 0.1) is 12.3 Å². The number of fused-ring (bicyclic) bond motifs is 1. The third kappa shape index (κ3) is 2.11. The number of thiazole rings is 1. The summed E-state index contributed by atoms with van der Waals surface area (Å²) in [4.78, 5) is 0.657. The topological polar surface area (TPSA) is 28.8 Å². The Hall–Kier alpha value is -0.740. The van der Waals surface area contributed by atoms with Crippen LogP contribution < -0.4 is 4.80 Å². The van der Waals surface area contributed by atoms with Crippen molar-refractivity contribution in [2.45, 2.75) is 13.5 Å². The minimum atomic E-state index is 0.657. The van der Waals surface area contributed by atoms with Crippen LogP contribution in [-0.4, -0.2) is 16.6 Å². The SMILES string of the molecule is CSCCn1c(=N)sc2cc(C)ccc21. The normalized spacial score (nSPS) is 11.1. The molecule has 80 valence electrons. The van der Waals surface area contributed by atoms with Crippen molar-refractivity contribution in [3.8, 4) is 0 Å². The molecule has 15 heavy (non-hydrogen) atoms. The first-order valence-corrected chi connectivity index (χ1v) is 7.07. The van der Waals surface area contributed by atoms with Gasteiger partial charge in [-0.3, -0.25) is 5.41 Å². The molecule has 0 saturated carbocycles. The van der Waals surface area contributed by atoms with E-state index in [1.54, 1.807) is 11.3 Å². The lowest BCUT2D eigenvalue weighted by Crippen LogP contribution is -2.14. The van der Waals surface area contributed by atoms with Gasteiger partial charge in [-0.15, -0.1) is 0 Å². The van der Waals surface area contributed by atoms with Gasteiger partial charge in [-0.25, -0.2) is 0 Å². The van der Waals surface area contributed by atoms with E-state index < -0.39 is 0 Å². The zero-order valence-corrected chi connectivity index (χ0v) is 10.5. The molecule has 0 aliphatic rings. The summed E-state index contributed by atoms with van der Waals surface area (Å²) in [7, 11) is 0. The molecule has 0 unspecified atom stereocenters. The summed E-state index contributed by atoms with van der Waals surface area (Å²) in [5.74, 6) is 1.07. The number of rotatable bonds is 3. The highest BCUT2D eigenvalue weighted by molar-refractivity contribution is 7.98. The summed E-state index contributed by atoms with van der Waals surface area (Å²) in [6, 6.07) is 6.40. The number of nitrogens with zero attached hydrogens (tertiary/aromatic N) is 1. The lowest BCUT2D eigenvalue weighted by Gasteiger charge is -2.02. The van der Waals surface area contributed by atoms with Gasteiger partial charge < -0.3 is 4.57 Å². The van der Waals surface area contributed by atoms with Crippen molar-refractivity contribution in [2.75, 3.05) is 12.0 Å². The fourth-order valence-corrected chi connectivity index (χ4v) is 3.00. The zero-order valence-electron chi connectivity index (χ0n) is 8.91. The Labute approximate surface area is 97.5 Å². The predicted molar refractivity (Wildman–Crippen MR) is 68.8 cm³/mol. The molecule has 1 heterocycles. The standard InChI is InChI=1S/C11H14N2S2/c1-8-3-4-9-10(7-8)15-11(12)13(9)5-6-14-2/h3-4,7,12H,5-6H2,1-2H3. The lowest BCUT2D eigenvalue weighted by atomic mass is 10.2. The van der Waals surface area contributed by atoms with Crippen LogP contribution in [0.5, 0.6) is 0 Å². The average molecular weight is 238 g/mol. The number of hydrogen-bond donors (Lipinski definition) is 1. The van der Waals surface area contributed by atoms with E-state index in [4.69, 9.17) is 5.41 Å². The Kier molecular flexibility index (Phi) is 3.17. The Morgan fingerprint density at radius 2 is 2.27 bits per heavy atom. The van der Waals surface area contributed by atoms with Crippen LogP contribution >= 0.6 is 23.1 Å². The van der Waals surface area contributed by atoms with Gasteiger partial charge in [0.15, 0.2) is 4.80 Å². The maximum absolute atomic E-state index is 7.92. The largest absolute Gasteiger partial charge is 0.316 e. The minimum Gasteiger partial charge on any atom is -0.316 e. The Morgan fingerprint density at radius 1 is 1.47 bits per heavy atom. The van der Waals surface area contributed by atoms with E-state index in [-0.39, 0.29) is 0 Å². The molecule has 2 nitrogen and oxygen atoms in total. The van der Waals surface area contributed by atoms with Gasteiger partial charge >= 0.3 is 0 Å². The zero-order chi connectivity index (χ0) is 10.8. The molecule has 0 saturated heterocycles. The molecular weight excluding hydrogens is 224 g/mol. The van der Waals surface area contributed by atoms with Crippen molar-refractivity contribution < 1.29 is 0 Å². The van der Waals surface area contributed by atoms with Crippen molar-refractivity contribution in [3.05, 3.63) is 28.6 Å². The van der Waals surface area contributed by atoms with Crippen LogP contribution in [0.3, 0.4) is 0 Å². The first-order valence-electron chi connectivity index (χ1n) is 4.86. The van der Waals surface area contributed by atoms with Crippen LogP contribution in [0.4, 0.5) is 0 Å². The lowest BCUT2D eigenvalue weighted by molar-refractivity contribution is 0.764. The van der Waals surface area contributed by atoms with Crippen molar-refractivity contribution in [1.29, 1.82) is 5.41 Å². The summed E-state index contributed by atoms with van der Waals surface area (Å²) >= 11 is 3.38. The fourth-order valence-electron chi connectivity index (χ4n) is 1.60. The van der Waals surface area contributed by atoms with E-state index >= 15 is 0 Å². The maximum atomic E-state index is 7.92. The number of hydrogen-bond acceptors (Lipinski definition) is 3. The van der Waals surface area contributed by atoms with E-state index in [1.807, 2.05) is 11.8 Å². The smallest absolute Gasteiger partial charge is 0.182 e. The molecule has 2 rings (SSSR count). The molecule has 4 heteroatoms. The molecule has 2 aromatic rings. The summed E-state index contributed by atoms with van der Waals surface area (Å²) < 4.78 is 3.32. The van der Waals surface area contributed by atoms with Gasteiger partial charge in [0.25, 0.3) is 0 Å². The van der Waals surface area contributed by atoms with Crippen LogP contribution in [0.15, 0.2) is 18.2 Å². The van der Waals surface area contributed by atoms with E-state index in [0.29, 0.717) is 4.80 Å². The number of aryl methyl sites for hydroxylation is 2. The summed E-state index contributed by atoms with van der Waals surface area (Å²) in [5.41, 5.74) is 2.46. The van der Waals surface area contributed by atoms with Gasteiger partial charge in [0.2, 0.25) is 0 Å². The highest BCUT2D eigenvalue weighted by Gasteiger charge is 2.04. The van der Waals surface area contributed by atoms with Crippen LogP contribution in [0.1, 0.15) is 5.56 Å². The second kappa shape index (κ2) is 4.41. The summed E-state index contributed by atoms with van der Waals surface area (Å²) in [6.07, 6.45) is 2.10. The molecule has 0 atom stereocenters. The molecule has 1 N–H and O–H groups in total. The van der Waals surface area contributed by atoms with Crippen molar-refractivity contribution in [1.82, 2.24) is 4.57 Å². The van der Waals surface area contributed by atoms with E-state index in [1.165, 1.54) is 15.8 Å². The van der Waals surface area contributed by atoms with E-state index in [2.05, 4.69) is 35.9 Å².